The molecule has 68 valence electrons. The van der Waals surface area contributed by atoms with Crippen LogP contribution in [0.1, 0.15) is 6.42 Å². The maximum atomic E-state index is 5.63. The monoisotopic (exact) mass is 179 g/mol. The van der Waals surface area contributed by atoms with Gasteiger partial charge < -0.3 is 19.9 Å². The summed E-state index contributed by atoms with van der Waals surface area (Å²) in [4.78, 5) is 0. The summed E-state index contributed by atoms with van der Waals surface area (Å²) >= 11 is 0. The molecule has 0 bridgehead atoms. The Morgan fingerprint density at radius 2 is 1.64 bits per heavy atom. The van der Waals surface area contributed by atoms with E-state index in [4.69, 9.17) is 19.9 Å². The number of methoxy groups -OCH3 is 3. The van der Waals surface area contributed by atoms with Crippen molar-refractivity contribution in [2.24, 2.45) is 5.73 Å². The summed E-state index contributed by atoms with van der Waals surface area (Å²) in [5.41, 5.74) is 5.75. The second-order valence-electron chi connectivity index (χ2n) is 2.48. The van der Waals surface area contributed by atoms with Gasteiger partial charge in [0.05, 0.1) is 0 Å². The zero-order valence-corrected chi connectivity index (χ0v) is 9.59. The van der Waals surface area contributed by atoms with Crippen molar-refractivity contribution in [2.45, 2.75) is 18.1 Å². The van der Waals surface area contributed by atoms with E-state index in [2.05, 4.69) is 0 Å². The van der Waals surface area contributed by atoms with Crippen LogP contribution in [0.25, 0.3) is 0 Å². The molecule has 5 heteroatoms. The van der Waals surface area contributed by atoms with Crippen molar-refractivity contribution in [3.63, 3.8) is 0 Å². The smallest absolute Gasteiger partial charge is 0.283 e. The van der Waals surface area contributed by atoms with Crippen molar-refractivity contribution in [1.82, 2.24) is 0 Å². The largest absolute Gasteiger partial charge is 0.331 e. The average Bonchev–Trinajstić information content (AvgIpc) is 2.00. The average molecular weight is 179 g/mol. The molecule has 0 rings (SSSR count). The first-order chi connectivity index (χ1) is 5.10. The van der Waals surface area contributed by atoms with Crippen LogP contribution in [-0.2, 0) is 14.2 Å². The van der Waals surface area contributed by atoms with Crippen molar-refractivity contribution >= 4 is 10.2 Å². The molecule has 1 unspecified atom stereocenters. The predicted molar refractivity (Wildman–Crippen MR) is 46.3 cm³/mol. The maximum Gasteiger partial charge on any atom is 0.283 e. The third-order valence-electron chi connectivity index (χ3n) is 1.50. The summed E-state index contributed by atoms with van der Waals surface area (Å²) in [7, 11) is 5.52. The number of hydrogen-bond donors (Lipinski definition) is 1. The zero-order valence-electron chi connectivity index (χ0n) is 7.59. The Morgan fingerprint density at radius 3 is 1.73 bits per heavy atom. The van der Waals surface area contributed by atoms with E-state index in [0.717, 1.165) is 10.2 Å². The SMILES string of the molecule is COC(CC(N)[SiH3])(OC)OC. The first-order valence-electron chi connectivity index (χ1n) is 3.51. The van der Waals surface area contributed by atoms with Crippen LogP contribution < -0.4 is 5.73 Å². The summed E-state index contributed by atoms with van der Waals surface area (Å²) in [6.45, 7) is 0. The Kier molecular flexibility index (Phi) is 4.86. The van der Waals surface area contributed by atoms with E-state index in [1.165, 1.54) is 21.3 Å². The number of ether oxygens (including phenoxy) is 3. The van der Waals surface area contributed by atoms with Gasteiger partial charge in [0.1, 0.15) is 0 Å². The van der Waals surface area contributed by atoms with E-state index in [-0.39, 0.29) is 5.67 Å². The Balaban J connectivity index is 4.05. The van der Waals surface area contributed by atoms with Gasteiger partial charge in [0.25, 0.3) is 5.97 Å². The fourth-order valence-corrected chi connectivity index (χ4v) is 1.39. The first-order valence-corrected chi connectivity index (χ1v) is 4.66. The summed E-state index contributed by atoms with van der Waals surface area (Å²) < 4.78 is 15.1. The molecule has 0 aliphatic rings. The summed E-state index contributed by atoms with van der Waals surface area (Å²) in [6, 6.07) is 0. The normalized spacial score (nSPS) is 15.3. The standard InChI is InChI=1S/C6H17NO3Si/c1-8-6(9-2,10-3)4-5(7)11/h5H,4,7H2,1-3,11H3. The van der Waals surface area contributed by atoms with Crippen molar-refractivity contribution in [1.29, 1.82) is 0 Å². The van der Waals surface area contributed by atoms with Crippen molar-refractivity contribution in [2.75, 3.05) is 21.3 Å². The van der Waals surface area contributed by atoms with Gasteiger partial charge in [-0.05, 0) is 5.67 Å². The molecule has 0 radical (unpaired) electrons. The minimum Gasteiger partial charge on any atom is -0.331 e. The highest BCUT2D eigenvalue weighted by molar-refractivity contribution is 6.11. The first kappa shape index (κ1) is 11.1. The van der Waals surface area contributed by atoms with Gasteiger partial charge in [0, 0.05) is 38.0 Å². The molecule has 0 aromatic carbocycles. The van der Waals surface area contributed by atoms with Crippen LogP contribution in [0.15, 0.2) is 0 Å². The lowest BCUT2D eigenvalue weighted by molar-refractivity contribution is -0.354. The molecule has 0 aromatic heterocycles. The van der Waals surface area contributed by atoms with Gasteiger partial charge in [-0.15, -0.1) is 0 Å². The second kappa shape index (κ2) is 4.84. The highest BCUT2D eigenvalue weighted by atomic mass is 28.1. The van der Waals surface area contributed by atoms with Gasteiger partial charge in [-0.1, -0.05) is 0 Å². The molecular formula is C6H17NO3Si. The minimum atomic E-state index is -0.943. The highest BCUT2D eigenvalue weighted by Gasteiger charge is 2.30. The number of rotatable bonds is 5. The molecule has 1 atom stereocenters. The van der Waals surface area contributed by atoms with E-state index >= 15 is 0 Å². The van der Waals surface area contributed by atoms with Crippen LogP contribution in [0.5, 0.6) is 0 Å². The third-order valence-corrected chi connectivity index (χ3v) is 1.91. The highest BCUT2D eigenvalue weighted by Crippen LogP contribution is 2.17. The molecular weight excluding hydrogens is 162 g/mol. The summed E-state index contributed by atoms with van der Waals surface area (Å²) in [5, 5.41) is 0. The van der Waals surface area contributed by atoms with E-state index < -0.39 is 5.97 Å². The maximum absolute atomic E-state index is 5.63. The van der Waals surface area contributed by atoms with Crippen LogP contribution >= 0.6 is 0 Å². The predicted octanol–water partition coefficient (Wildman–Crippen LogP) is -1.38. The molecule has 0 heterocycles. The molecule has 0 fully saturated rings. The van der Waals surface area contributed by atoms with Crippen LogP contribution in [-0.4, -0.2) is 43.2 Å². The van der Waals surface area contributed by atoms with Gasteiger partial charge in [0.2, 0.25) is 0 Å². The molecule has 0 spiro atoms. The molecule has 11 heavy (non-hydrogen) atoms. The van der Waals surface area contributed by atoms with Crippen molar-refractivity contribution in [3.8, 4) is 0 Å². The topological polar surface area (TPSA) is 53.7 Å². The second-order valence-corrected chi connectivity index (χ2v) is 3.96. The lowest BCUT2D eigenvalue weighted by Gasteiger charge is -2.29. The van der Waals surface area contributed by atoms with E-state index in [9.17, 15) is 0 Å². The fraction of sp³-hybridized carbons (Fsp3) is 1.00. The Morgan fingerprint density at radius 1 is 1.27 bits per heavy atom. The summed E-state index contributed by atoms with van der Waals surface area (Å²) in [6.07, 6.45) is 0.572. The van der Waals surface area contributed by atoms with E-state index in [1.54, 1.807) is 0 Å². The van der Waals surface area contributed by atoms with Gasteiger partial charge >= 0.3 is 0 Å². The molecule has 0 saturated heterocycles. The Hall–Kier alpha value is 0.0569. The van der Waals surface area contributed by atoms with Crippen LogP contribution in [0, 0.1) is 0 Å². The zero-order chi connectivity index (χ0) is 8.91. The number of hydrogen-bond acceptors (Lipinski definition) is 4. The van der Waals surface area contributed by atoms with E-state index in [1.807, 2.05) is 0 Å². The molecule has 4 nitrogen and oxygen atoms in total. The van der Waals surface area contributed by atoms with Gasteiger partial charge in [-0.25, -0.2) is 0 Å². The quantitative estimate of drug-likeness (QED) is 0.417. The third kappa shape index (κ3) is 3.30. The van der Waals surface area contributed by atoms with Crippen LogP contribution in [0.4, 0.5) is 0 Å². The minimum absolute atomic E-state index is 0.120. The molecule has 0 saturated carbocycles. The molecule has 0 aliphatic heterocycles. The van der Waals surface area contributed by atoms with Crippen LogP contribution in [0.2, 0.25) is 0 Å². The lowest BCUT2D eigenvalue weighted by atomic mass is 10.3. The van der Waals surface area contributed by atoms with E-state index in [0.29, 0.717) is 6.42 Å². The summed E-state index contributed by atoms with van der Waals surface area (Å²) in [5.74, 6) is -0.943. The van der Waals surface area contributed by atoms with Crippen molar-refractivity contribution < 1.29 is 14.2 Å². The lowest BCUT2D eigenvalue weighted by Crippen LogP contribution is -2.42. The van der Waals surface area contributed by atoms with Crippen LogP contribution in [0.3, 0.4) is 0 Å². The van der Waals surface area contributed by atoms with Gasteiger partial charge in [0.15, 0.2) is 0 Å². The fourth-order valence-electron chi connectivity index (χ4n) is 0.894. The Bertz CT molecular complexity index is 97.7. The molecule has 0 amide bonds. The van der Waals surface area contributed by atoms with Gasteiger partial charge in [-0.2, -0.15) is 0 Å². The molecule has 0 aliphatic carbocycles. The molecule has 2 N–H and O–H groups in total. The Labute approximate surface area is 70.4 Å². The number of nitrogens with two attached hydrogens (primary N) is 1. The molecule has 0 aromatic rings. The van der Waals surface area contributed by atoms with Gasteiger partial charge in [-0.3, -0.25) is 0 Å². The van der Waals surface area contributed by atoms with Crippen molar-refractivity contribution in [3.05, 3.63) is 0 Å².